The Morgan fingerprint density at radius 2 is 2.00 bits per heavy atom. The zero-order chi connectivity index (χ0) is 17.9. The molecule has 1 aromatic carbocycles. The van der Waals surface area contributed by atoms with Crippen molar-refractivity contribution in [2.75, 3.05) is 13.1 Å². The van der Waals surface area contributed by atoms with Gasteiger partial charge in [0.1, 0.15) is 12.4 Å². The molecule has 0 aliphatic heterocycles. The molecule has 0 unspecified atom stereocenters. The summed E-state index contributed by atoms with van der Waals surface area (Å²) in [4.78, 5) is 16.3. The second-order valence-electron chi connectivity index (χ2n) is 5.88. The molecule has 0 spiro atoms. The van der Waals surface area contributed by atoms with Crippen LogP contribution < -0.4 is 0 Å². The van der Waals surface area contributed by atoms with Crippen molar-refractivity contribution in [3.8, 4) is 0 Å². The lowest BCUT2D eigenvalue weighted by atomic mass is 10.1. The number of unbranched alkanes of at least 4 members (excludes halogenated alkanes) is 1. The summed E-state index contributed by atoms with van der Waals surface area (Å²) in [5.41, 5.74) is 1.86. The standard InChI is InChI=1S/C17H20F4N2O/c1-3-4-7-23(10-17(19,20)21)16(24)9-13-11(2)22-15-6-5-12(18)8-14(13)15/h5-6,8,22H,3-4,7,9-10H2,1-2H3. The number of nitrogens with zero attached hydrogens (tertiary/aromatic N) is 1. The Labute approximate surface area is 137 Å². The van der Waals surface area contributed by atoms with Crippen molar-refractivity contribution >= 4 is 16.8 Å². The van der Waals surface area contributed by atoms with E-state index in [4.69, 9.17) is 0 Å². The zero-order valence-electron chi connectivity index (χ0n) is 13.6. The fourth-order valence-electron chi connectivity index (χ4n) is 2.70. The molecule has 1 amide bonds. The third-order valence-electron chi connectivity index (χ3n) is 3.91. The molecule has 0 bridgehead atoms. The number of fused-ring (bicyclic) bond motifs is 1. The maximum atomic E-state index is 13.5. The largest absolute Gasteiger partial charge is 0.406 e. The predicted molar refractivity (Wildman–Crippen MR) is 84.2 cm³/mol. The summed E-state index contributed by atoms with van der Waals surface area (Å²) in [6.07, 6.45) is -3.43. The van der Waals surface area contributed by atoms with Crippen molar-refractivity contribution in [2.45, 2.75) is 39.3 Å². The quantitative estimate of drug-likeness (QED) is 0.777. The SMILES string of the molecule is CCCCN(CC(F)(F)F)C(=O)Cc1c(C)[nH]c2ccc(F)cc12. The smallest absolute Gasteiger partial charge is 0.358 e. The molecule has 7 heteroatoms. The van der Waals surface area contributed by atoms with Crippen LogP contribution in [0, 0.1) is 12.7 Å². The number of halogens is 4. The highest BCUT2D eigenvalue weighted by atomic mass is 19.4. The van der Waals surface area contributed by atoms with E-state index in [2.05, 4.69) is 4.98 Å². The molecular weight excluding hydrogens is 324 g/mol. The number of nitrogens with one attached hydrogen (secondary N) is 1. The minimum atomic E-state index is -4.44. The van der Waals surface area contributed by atoms with Gasteiger partial charge in [-0.15, -0.1) is 0 Å². The minimum absolute atomic E-state index is 0.0601. The minimum Gasteiger partial charge on any atom is -0.358 e. The van der Waals surface area contributed by atoms with Crippen LogP contribution in [-0.4, -0.2) is 35.1 Å². The number of carbonyl (C=O) groups excluding carboxylic acids is 1. The summed E-state index contributed by atoms with van der Waals surface area (Å²) < 4.78 is 51.6. The van der Waals surface area contributed by atoms with Crippen molar-refractivity contribution in [3.63, 3.8) is 0 Å². The number of rotatable bonds is 6. The van der Waals surface area contributed by atoms with E-state index in [1.54, 1.807) is 13.0 Å². The van der Waals surface area contributed by atoms with Crippen LogP contribution >= 0.6 is 0 Å². The highest BCUT2D eigenvalue weighted by molar-refractivity contribution is 5.90. The van der Waals surface area contributed by atoms with Gasteiger partial charge >= 0.3 is 6.18 Å². The number of hydrogen-bond acceptors (Lipinski definition) is 1. The van der Waals surface area contributed by atoms with Crippen LogP contribution in [0.2, 0.25) is 0 Å². The van der Waals surface area contributed by atoms with Gasteiger partial charge in [0, 0.05) is 23.1 Å². The molecule has 0 radical (unpaired) electrons. The fourth-order valence-corrected chi connectivity index (χ4v) is 2.70. The first-order valence-electron chi connectivity index (χ1n) is 7.82. The Hall–Kier alpha value is -2.05. The first kappa shape index (κ1) is 18.3. The van der Waals surface area contributed by atoms with E-state index in [1.807, 2.05) is 6.92 Å². The van der Waals surface area contributed by atoms with Crippen LogP contribution in [0.5, 0.6) is 0 Å². The molecule has 0 fully saturated rings. The number of alkyl halides is 3. The van der Waals surface area contributed by atoms with Crippen molar-refractivity contribution in [2.24, 2.45) is 0 Å². The molecule has 0 aliphatic carbocycles. The van der Waals surface area contributed by atoms with E-state index in [0.717, 1.165) is 4.90 Å². The Bertz CT molecular complexity index is 721. The molecule has 1 N–H and O–H groups in total. The average Bonchev–Trinajstić information content (AvgIpc) is 2.78. The third kappa shape index (κ3) is 4.49. The molecule has 0 aliphatic rings. The topological polar surface area (TPSA) is 36.1 Å². The molecule has 24 heavy (non-hydrogen) atoms. The molecule has 1 heterocycles. The monoisotopic (exact) mass is 344 g/mol. The number of amides is 1. The molecule has 2 rings (SSSR count). The third-order valence-corrected chi connectivity index (χ3v) is 3.91. The Morgan fingerprint density at radius 3 is 2.62 bits per heavy atom. The van der Waals surface area contributed by atoms with Gasteiger partial charge in [0.15, 0.2) is 0 Å². The lowest BCUT2D eigenvalue weighted by Gasteiger charge is -2.24. The molecular formula is C17H20F4N2O. The van der Waals surface area contributed by atoms with Crippen LogP contribution in [-0.2, 0) is 11.2 Å². The first-order chi connectivity index (χ1) is 11.2. The van der Waals surface area contributed by atoms with Gasteiger partial charge in [-0.25, -0.2) is 4.39 Å². The predicted octanol–water partition coefficient (Wildman–Crippen LogP) is 4.35. The maximum Gasteiger partial charge on any atom is 0.406 e. The lowest BCUT2D eigenvalue weighted by Crippen LogP contribution is -2.40. The number of aryl methyl sites for hydroxylation is 1. The highest BCUT2D eigenvalue weighted by Gasteiger charge is 2.33. The number of benzene rings is 1. The molecule has 0 saturated carbocycles. The number of carbonyl (C=O) groups is 1. The number of aromatic amines is 1. The summed E-state index contributed by atoms with van der Waals surface area (Å²) in [5.74, 6) is -1.05. The normalized spacial score (nSPS) is 11.9. The van der Waals surface area contributed by atoms with E-state index >= 15 is 0 Å². The summed E-state index contributed by atoms with van der Waals surface area (Å²) in [6, 6.07) is 4.14. The van der Waals surface area contributed by atoms with Crippen LogP contribution in [0.3, 0.4) is 0 Å². The van der Waals surface area contributed by atoms with Crippen molar-refractivity contribution < 1.29 is 22.4 Å². The van der Waals surface area contributed by atoms with E-state index in [1.165, 1.54) is 12.1 Å². The molecule has 1 aromatic heterocycles. The molecule has 132 valence electrons. The molecule has 3 nitrogen and oxygen atoms in total. The van der Waals surface area contributed by atoms with E-state index < -0.39 is 24.4 Å². The van der Waals surface area contributed by atoms with Gasteiger partial charge in [-0.3, -0.25) is 4.79 Å². The van der Waals surface area contributed by atoms with Gasteiger partial charge in [-0.2, -0.15) is 13.2 Å². The maximum absolute atomic E-state index is 13.5. The first-order valence-corrected chi connectivity index (χ1v) is 7.82. The number of H-pyrrole nitrogens is 1. The van der Waals surface area contributed by atoms with Crippen LogP contribution in [0.1, 0.15) is 31.0 Å². The Kier molecular flexibility index (Phi) is 5.51. The van der Waals surface area contributed by atoms with Crippen LogP contribution in [0.4, 0.5) is 17.6 Å². The molecule has 2 aromatic rings. The van der Waals surface area contributed by atoms with E-state index in [-0.39, 0.29) is 13.0 Å². The van der Waals surface area contributed by atoms with Gasteiger partial charge in [0.25, 0.3) is 0 Å². The highest BCUT2D eigenvalue weighted by Crippen LogP contribution is 2.25. The van der Waals surface area contributed by atoms with Crippen LogP contribution in [0.25, 0.3) is 10.9 Å². The van der Waals surface area contributed by atoms with Gasteiger partial charge in [-0.05, 0) is 37.1 Å². The average molecular weight is 344 g/mol. The van der Waals surface area contributed by atoms with Gasteiger partial charge in [-0.1, -0.05) is 13.3 Å². The zero-order valence-corrected chi connectivity index (χ0v) is 13.6. The van der Waals surface area contributed by atoms with Gasteiger partial charge in [0.2, 0.25) is 5.91 Å². The Morgan fingerprint density at radius 1 is 1.29 bits per heavy atom. The molecule has 0 atom stereocenters. The van der Waals surface area contributed by atoms with Crippen molar-refractivity contribution in [1.29, 1.82) is 0 Å². The van der Waals surface area contributed by atoms with Crippen molar-refractivity contribution in [3.05, 3.63) is 35.3 Å². The van der Waals surface area contributed by atoms with E-state index in [0.29, 0.717) is 35.0 Å². The fraction of sp³-hybridized carbons (Fsp3) is 0.471. The summed E-state index contributed by atoms with van der Waals surface area (Å²) in [5, 5.41) is 0.531. The number of hydrogen-bond donors (Lipinski definition) is 1. The lowest BCUT2D eigenvalue weighted by molar-refractivity contribution is -0.160. The second-order valence-corrected chi connectivity index (χ2v) is 5.88. The summed E-state index contributed by atoms with van der Waals surface area (Å²) in [7, 11) is 0. The molecule has 0 saturated heterocycles. The van der Waals surface area contributed by atoms with E-state index in [9.17, 15) is 22.4 Å². The van der Waals surface area contributed by atoms with Crippen LogP contribution in [0.15, 0.2) is 18.2 Å². The summed E-state index contributed by atoms with van der Waals surface area (Å²) in [6.45, 7) is 2.37. The van der Waals surface area contributed by atoms with Gasteiger partial charge in [0.05, 0.1) is 6.42 Å². The van der Waals surface area contributed by atoms with Gasteiger partial charge < -0.3 is 9.88 Å². The number of aromatic nitrogens is 1. The van der Waals surface area contributed by atoms with Crippen molar-refractivity contribution in [1.82, 2.24) is 9.88 Å². The second kappa shape index (κ2) is 7.23. The summed E-state index contributed by atoms with van der Waals surface area (Å²) >= 11 is 0. The Balaban J connectivity index is 2.25.